The van der Waals surface area contributed by atoms with Crippen molar-refractivity contribution in [2.75, 3.05) is 40.4 Å². The van der Waals surface area contributed by atoms with Crippen LogP contribution in [0.25, 0.3) is 0 Å². The molecule has 1 saturated carbocycles. The number of ether oxygens (including phenoxy) is 1. The fourth-order valence-corrected chi connectivity index (χ4v) is 4.20. The Kier molecular flexibility index (Phi) is 6.02. The van der Waals surface area contributed by atoms with Gasteiger partial charge in [-0.15, -0.1) is 0 Å². The summed E-state index contributed by atoms with van der Waals surface area (Å²) >= 11 is 0. The van der Waals surface area contributed by atoms with Crippen molar-refractivity contribution in [1.29, 1.82) is 0 Å². The van der Waals surface area contributed by atoms with Gasteiger partial charge in [-0.05, 0) is 70.6 Å². The van der Waals surface area contributed by atoms with Gasteiger partial charge in [-0.2, -0.15) is 0 Å². The van der Waals surface area contributed by atoms with E-state index in [1.807, 2.05) is 7.05 Å². The lowest BCUT2D eigenvalue weighted by atomic mass is 9.83. The number of hydrogen-bond acceptors (Lipinski definition) is 4. The van der Waals surface area contributed by atoms with E-state index in [0.29, 0.717) is 5.92 Å². The van der Waals surface area contributed by atoms with Crippen LogP contribution < -0.4 is 11.1 Å². The Bertz CT molecular complexity index is 342. The summed E-state index contributed by atoms with van der Waals surface area (Å²) in [5.41, 5.74) is 5.20. The van der Waals surface area contributed by atoms with E-state index < -0.39 is 5.54 Å². The maximum Gasteiger partial charge on any atom is 0.238 e. The number of piperidine rings is 1. The summed E-state index contributed by atoms with van der Waals surface area (Å²) in [6.45, 7) is 4.29. The topological polar surface area (TPSA) is 67.6 Å². The number of primary amides is 1. The molecule has 21 heavy (non-hydrogen) atoms. The Morgan fingerprint density at radius 3 is 2.67 bits per heavy atom. The van der Waals surface area contributed by atoms with Gasteiger partial charge in [0, 0.05) is 13.7 Å². The van der Waals surface area contributed by atoms with Crippen molar-refractivity contribution in [2.45, 2.75) is 44.1 Å². The van der Waals surface area contributed by atoms with Crippen molar-refractivity contribution in [3.8, 4) is 0 Å². The summed E-state index contributed by atoms with van der Waals surface area (Å²) in [6, 6.07) is 0. The van der Waals surface area contributed by atoms with Crippen molar-refractivity contribution in [3.63, 3.8) is 0 Å². The minimum absolute atomic E-state index is 0.175. The zero-order valence-corrected chi connectivity index (χ0v) is 13.6. The number of nitrogens with zero attached hydrogens (tertiary/aromatic N) is 1. The SMILES string of the molecule is CNC1(C(N)=O)CCCC1CCN1CCC(COC)CC1. The molecule has 0 aromatic rings. The number of carbonyl (C=O) groups excluding carboxylic acids is 1. The fourth-order valence-electron chi connectivity index (χ4n) is 4.20. The van der Waals surface area contributed by atoms with Gasteiger partial charge in [0.05, 0.1) is 0 Å². The van der Waals surface area contributed by atoms with Gasteiger partial charge in [-0.25, -0.2) is 0 Å². The number of hydrogen-bond donors (Lipinski definition) is 2. The number of nitrogens with one attached hydrogen (secondary N) is 1. The van der Waals surface area contributed by atoms with Gasteiger partial charge in [-0.3, -0.25) is 4.79 Å². The minimum Gasteiger partial charge on any atom is -0.384 e. The summed E-state index contributed by atoms with van der Waals surface area (Å²) < 4.78 is 5.25. The number of rotatable bonds is 7. The Balaban J connectivity index is 1.79. The number of likely N-dealkylation sites (N-methyl/N-ethyl adjacent to an activating group) is 1. The minimum atomic E-state index is -0.464. The van der Waals surface area contributed by atoms with Crippen LogP contribution in [-0.4, -0.2) is 56.7 Å². The number of carbonyl (C=O) groups is 1. The largest absolute Gasteiger partial charge is 0.384 e. The first kappa shape index (κ1) is 16.7. The predicted molar refractivity (Wildman–Crippen MR) is 84.0 cm³/mol. The van der Waals surface area contributed by atoms with E-state index in [4.69, 9.17) is 10.5 Å². The molecule has 2 rings (SSSR count). The van der Waals surface area contributed by atoms with Gasteiger partial charge in [0.15, 0.2) is 0 Å². The highest BCUT2D eigenvalue weighted by molar-refractivity contribution is 5.85. The summed E-state index contributed by atoms with van der Waals surface area (Å²) in [6.07, 6.45) is 6.63. The molecular formula is C16H31N3O2. The summed E-state index contributed by atoms with van der Waals surface area (Å²) in [5.74, 6) is 0.933. The van der Waals surface area contributed by atoms with Crippen LogP contribution in [0.4, 0.5) is 0 Å². The molecule has 1 aliphatic carbocycles. The van der Waals surface area contributed by atoms with Crippen LogP contribution in [0.3, 0.4) is 0 Å². The molecule has 2 atom stereocenters. The Morgan fingerprint density at radius 2 is 2.10 bits per heavy atom. The molecule has 0 aromatic heterocycles. The molecular weight excluding hydrogens is 266 g/mol. The average Bonchev–Trinajstić information content (AvgIpc) is 2.91. The molecule has 2 unspecified atom stereocenters. The average molecular weight is 297 g/mol. The van der Waals surface area contributed by atoms with Crippen LogP contribution in [-0.2, 0) is 9.53 Å². The first-order valence-electron chi connectivity index (χ1n) is 8.32. The van der Waals surface area contributed by atoms with Crippen LogP contribution >= 0.6 is 0 Å². The standard InChI is InChI=1S/C16H31N3O2/c1-18-16(15(17)20)8-3-4-14(16)7-11-19-9-5-13(6-10-19)12-21-2/h13-14,18H,3-12H2,1-2H3,(H2,17,20). The summed E-state index contributed by atoms with van der Waals surface area (Å²) in [4.78, 5) is 14.4. The molecule has 5 heteroatoms. The number of amides is 1. The van der Waals surface area contributed by atoms with E-state index in [-0.39, 0.29) is 5.91 Å². The molecule has 2 aliphatic rings. The molecule has 0 aromatic carbocycles. The van der Waals surface area contributed by atoms with Crippen LogP contribution in [0.15, 0.2) is 0 Å². The van der Waals surface area contributed by atoms with Crippen LogP contribution in [0.1, 0.15) is 38.5 Å². The molecule has 0 bridgehead atoms. The van der Waals surface area contributed by atoms with Crippen molar-refractivity contribution in [3.05, 3.63) is 0 Å². The maximum absolute atomic E-state index is 11.9. The number of methoxy groups -OCH3 is 1. The molecule has 1 heterocycles. The lowest BCUT2D eigenvalue weighted by molar-refractivity contribution is -0.125. The van der Waals surface area contributed by atoms with Gasteiger partial charge in [-0.1, -0.05) is 6.42 Å². The maximum atomic E-state index is 11.9. The third-order valence-corrected chi connectivity index (χ3v) is 5.61. The van der Waals surface area contributed by atoms with E-state index in [9.17, 15) is 4.79 Å². The van der Waals surface area contributed by atoms with Crippen LogP contribution in [0, 0.1) is 11.8 Å². The van der Waals surface area contributed by atoms with E-state index in [2.05, 4.69) is 10.2 Å². The molecule has 1 amide bonds. The van der Waals surface area contributed by atoms with E-state index in [0.717, 1.165) is 57.8 Å². The quantitative estimate of drug-likeness (QED) is 0.735. The van der Waals surface area contributed by atoms with Crippen molar-refractivity contribution < 1.29 is 9.53 Å². The Labute approximate surface area is 128 Å². The fraction of sp³-hybridized carbons (Fsp3) is 0.938. The van der Waals surface area contributed by atoms with Crippen LogP contribution in [0.2, 0.25) is 0 Å². The van der Waals surface area contributed by atoms with E-state index in [1.54, 1.807) is 7.11 Å². The van der Waals surface area contributed by atoms with Gasteiger partial charge < -0.3 is 20.7 Å². The Hall–Kier alpha value is -0.650. The van der Waals surface area contributed by atoms with Crippen LogP contribution in [0.5, 0.6) is 0 Å². The summed E-state index contributed by atoms with van der Waals surface area (Å²) in [5, 5.41) is 3.23. The molecule has 2 fully saturated rings. The zero-order valence-electron chi connectivity index (χ0n) is 13.6. The first-order chi connectivity index (χ1) is 10.1. The Morgan fingerprint density at radius 1 is 1.38 bits per heavy atom. The predicted octanol–water partition coefficient (Wildman–Crippen LogP) is 0.978. The second-order valence-electron chi connectivity index (χ2n) is 6.70. The monoisotopic (exact) mass is 297 g/mol. The molecule has 1 saturated heterocycles. The van der Waals surface area contributed by atoms with E-state index >= 15 is 0 Å². The van der Waals surface area contributed by atoms with Crippen molar-refractivity contribution in [1.82, 2.24) is 10.2 Å². The number of likely N-dealkylation sites (tertiary alicyclic amines) is 1. The normalized spacial score (nSPS) is 31.6. The third-order valence-electron chi connectivity index (χ3n) is 5.61. The second-order valence-corrected chi connectivity index (χ2v) is 6.70. The summed E-state index contributed by atoms with van der Waals surface area (Å²) in [7, 11) is 3.66. The third kappa shape index (κ3) is 3.76. The second kappa shape index (κ2) is 7.56. The lowest BCUT2D eigenvalue weighted by Crippen LogP contribution is -2.57. The molecule has 0 spiro atoms. The molecule has 1 aliphatic heterocycles. The highest BCUT2D eigenvalue weighted by atomic mass is 16.5. The lowest BCUT2D eigenvalue weighted by Gasteiger charge is -2.36. The molecule has 0 radical (unpaired) electrons. The zero-order chi connectivity index (χ0) is 15.3. The van der Waals surface area contributed by atoms with Gasteiger partial charge in [0.2, 0.25) is 5.91 Å². The molecule has 5 nitrogen and oxygen atoms in total. The van der Waals surface area contributed by atoms with Crippen molar-refractivity contribution in [2.24, 2.45) is 17.6 Å². The van der Waals surface area contributed by atoms with Gasteiger partial charge in [0.1, 0.15) is 5.54 Å². The van der Waals surface area contributed by atoms with Crippen molar-refractivity contribution >= 4 is 5.91 Å². The highest BCUT2D eigenvalue weighted by Gasteiger charge is 2.46. The smallest absolute Gasteiger partial charge is 0.238 e. The van der Waals surface area contributed by atoms with Gasteiger partial charge >= 0.3 is 0 Å². The number of nitrogens with two attached hydrogens (primary N) is 1. The van der Waals surface area contributed by atoms with E-state index in [1.165, 1.54) is 12.8 Å². The van der Waals surface area contributed by atoms with Gasteiger partial charge in [0.25, 0.3) is 0 Å². The highest BCUT2D eigenvalue weighted by Crippen LogP contribution is 2.37. The first-order valence-corrected chi connectivity index (χ1v) is 8.32. The molecule has 122 valence electrons. The molecule has 3 N–H and O–H groups in total.